The Morgan fingerprint density at radius 1 is 1.59 bits per heavy atom. The van der Waals surface area contributed by atoms with Gasteiger partial charge in [-0.1, -0.05) is 13.3 Å². The average molecular weight is 276 g/mol. The van der Waals surface area contributed by atoms with Crippen LogP contribution in [0.2, 0.25) is 0 Å². The Kier molecular flexibility index (Phi) is 6.41. The molecule has 1 saturated heterocycles. The third kappa shape index (κ3) is 4.21. The number of likely N-dealkylation sites (tertiary alicyclic amines) is 1. The van der Waals surface area contributed by atoms with Crippen LogP contribution in [-0.4, -0.2) is 29.5 Å². The van der Waals surface area contributed by atoms with Gasteiger partial charge < -0.3 is 5.73 Å². The van der Waals surface area contributed by atoms with Gasteiger partial charge >= 0.3 is 0 Å². The predicted octanol–water partition coefficient (Wildman–Crippen LogP) is 2.30. The van der Waals surface area contributed by atoms with E-state index >= 15 is 0 Å². The van der Waals surface area contributed by atoms with Crippen LogP contribution in [0.15, 0.2) is 5.38 Å². The van der Waals surface area contributed by atoms with Crippen LogP contribution in [0.4, 0.5) is 0 Å². The molecule has 1 atom stereocenters. The van der Waals surface area contributed by atoms with Crippen molar-refractivity contribution in [2.45, 2.75) is 32.7 Å². The lowest BCUT2D eigenvalue weighted by atomic mass is 10.1. The maximum Gasteiger partial charge on any atom is 0.107 e. The van der Waals surface area contributed by atoms with E-state index in [-0.39, 0.29) is 12.4 Å². The van der Waals surface area contributed by atoms with Gasteiger partial charge in [0.25, 0.3) is 0 Å². The van der Waals surface area contributed by atoms with Gasteiger partial charge in [-0.15, -0.1) is 23.7 Å². The molecule has 1 fully saturated rings. The van der Waals surface area contributed by atoms with E-state index in [0.29, 0.717) is 5.92 Å². The normalized spacial score (nSPS) is 20.5. The summed E-state index contributed by atoms with van der Waals surface area (Å²) in [7, 11) is 0. The third-order valence-corrected chi connectivity index (χ3v) is 4.05. The van der Waals surface area contributed by atoms with Gasteiger partial charge in [-0.05, 0) is 31.8 Å². The van der Waals surface area contributed by atoms with Crippen LogP contribution < -0.4 is 5.73 Å². The minimum atomic E-state index is 0. The first-order chi connectivity index (χ1) is 7.81. The van der Waals surface area contributed by atoms with Gasteiger partial charge in [-0.3, -0.25) is 4.90 Å². The van der Waals surface area contributed by atoms with Crippen molar-refractivity contribution < 1.29 is 0 Å². The number of halogens is 1. The molecule has 1 aromatic rings. The third-order valence-electron chi connectivity index (χ3n) is 3.17. The second-order valence-electron chi connectivity index (χ2n) is 4.61. The zero-order chi connectivity index (χ0) is 11.4. The lowest BCUT2D eigenvalue weighted by Crippen LogP contribution is -2.22. The summed E-state index contributed by atoms with van der Waals surface area (Å²) in [6.45, 7) is 6.38. The Morgan fingerprint density at radius 2 is 2.41 bits per heavy atom. The molecule has 0 radical (unpaired) electrons. The van der Waals surface area contributed by atoms with Crippen molar-refractivity contribution in [2.24, 2.45) is 11.7 Å². The Balaban J connectivity index is 0.00000144. The molecule has 2 N–H and O–H groups in total. The smallest absolute Gasteiger partial charge is 0.107 e. The molecule has 0 aromatic carbocycles. The minimum Gasteiger partial charge on any atom is -0.330 e. The highest BCUT2D eigenvalue weighted by Gasteiger charge is 2.21. The molecule has 5 heteroatoms. The van der Waals surface area contributed by atoms with Crippen LogP contribution in [0.5, 0.6) is 0 Å². The van der Waals surface area contributed by atoms with Crippen LogP contribution in [0.25, 0.3) is 0 Å². The number of rotatable bonds is 5. The average Bonchev–Trinajstić information content (AvgIpc) is 2.89. The zero-order valence-corrected chi connectivity index (χ0v) is 12.0. The highest BCUT2D eigenvalue weighted by Crippen LogP contribution is 2.19. The standard InChI is InChI=1S/C12H21N3S.ClH/c1-2-3-11-9-16-12(14-11)8-15-5-4-10(6-13)7-15;/h9-10H,2-8,13H2,1H3;1H. The number of hydrogen-bond acceptors (Lipinski definition) is 4. The fourth-order valence-electron chi connectivity index (χ4n) is 2.23. The maximum absolute atomic E-state index is 5.69. The van der Waals surface area contributed by atoms with Crippen molar-refractivity contribution in [1.29, 1.82) is 0 Å². The van der Waals surface area contributed by atoms with Gasteiger partial charge in [0.1, 0.15) is 5.01 Å². The maximum atomic E-state index is 5.69. The van der Waals surface area contributed by atoms with Crippen molar-refractivity contribution in [3.63, 3.8) is 0 Å². The Hall–Kier alpha value is -0.160. The summed E-state index contributed by atoms with van der Waals surface area (Å²) in [6.07, 6.45) is 3.55. The van der Waals surface area contributed by atoms with Gasteiger partial charge in [0.2, 0.25) is 0 Å². The molecule has 0 saturated carbocycles. The molecule has 98 valence electrons. The molecule has 0 spiro atoms. The highest BCUT2D eigenvalue weighted by atomic mass is 35.5. The summed E-state index contributed by atoms with van der Waals surface area (Å²) in [5, 5.41) is 3.47. The molecule has 1 aliphatic rings. The van der Waals surface area contributed by atoms with Gasteiger partial charge in [0, 0.05) is 11.9 Å². The first kappa shape index (κ1) is 14.9. The summed E-state index contributed by atoms with van der Waals surface area (Å²) in [6, 6.07) is 0. The van der Waals surface area contributed by atoms with E-state index in [4.69, 9.17) is 5.73 Å². The largest absolute Gasteiger partial charge is 0.330 e. The summed E-state index contributed by atoms with van der Waals surface area (Å²) >= 11 is 1.80. The Morgan fingerprint density at radius 3 is 3.06 bits per heavy atom. The van der Waals surface area contributed by atoms with Crippen LogP contribution in [-0.2, 0) is 13.0 Å². The fraction of sp³-hybridized carbons (Fsp3) is 0.750. The zero-order valence-electron chi connectivity index (χ0n) is 10.4. The quantitative estimate of drug-likeness (QED) is 0.897. The topological polar surface area (TPSA) is 42.1 Å². The van der Waals surface area contributed by atoms with E-state index in [0.717, 1.165) is 26.1 Å². The molecule has 1 aliphatic heterocycles. The van der Waals surface area contributed by atoms with Crippen molar-refractivity contribution in [1.82, 2.24) is 9.88 Å². The number of thiazole rings is 1. The van der Waals surface area contributed by atoms with E-state index in [9.17, 15) is 0 Å². The van der Waals surface area contributed by atoms with Gasteiger partial charge in [0.15, 0.2) is 0 Å². The molecular formula is C12H22ClN3S. The predicted molar refractivity (Wildman–Crippen MR) is 75.8 cm³/mol. The Labute approximate surface area is 114 Å². The van der Waals surface area contributed by atoms with Crippen LogP contribution in [0.1, 0.15) is 30.5 Å². The molecule has 17 heavy (non-hydrogen) atoms. The van der Waals surface area contributed by atoms with Gasteiger partial charge in [-0.25, -0.2) is 4.98 Å². The second-order valence-corrected chi connectivity index (χ2v) is 5.55. The molecule has 3 nitrogen and oxygen atoms in total. The fourth-order valence-corrected chi connectivity index (χ4v) is 3.10. The molecule has 0 bridgehead atoms. The van der Waals surface area contributed by atoms with Crippen molar-refractivity contribution in [3.05, 3.63) is 16.1 Å². The van der Waals surface area contributed by atoms with Gasteiger partial charge in [-0.2, -0.15) is 0 Å². The van der Waals surface area contributed by atoms with E-state index in [1.807, 2.05) is 0 Å². The Bertz CT molecular complexity index is 329. The van der Waals surface area contributed by atoms with E-state index in [1.54, 1.807) is 11.3 Å². The van der Waals surface area contributed by atoms with Crippen molar-refractivity contribution >= 4 is 23.7 Å². The number of aryl methyl sites for hydroxylation is 1. The molecule has 1 unspecified atom stereocenters. The number of aromatic nitrogens is 1. The van der Waals surface area contributed by atoms with E-state index in [2.05, 4.69) is 22.2 Å². The molecule has 0 aliphatic carbocycles. The molecule has 2 heterocycles. The highest BCUT2D eigenvalue weighted by molar-refractivity contribution is 7.09. The molecule has 1 aromatic heterocycles. The van der Waals surface area contributed by atoms with Crippen LogP contribution in [0.3, 0.4) is 0 Å². The first-order valence-corrected chi connectivity index (χ1v) is 7.05. The van der Waals surface area contributed by atoms with Gasteiger partial charge in [0.05, 0.1) is 12.2 Å². The van der Waals surface area contributed by atoms with E-state index < -0.39 is 0 Å². The summed E-state index contributed by atoms with van der Waals surface area (Å²) in [4.78, 5) is 7.14. The SMILES string of the molecule is CCCc1csc(CN2CCC(CN)C2)n1.Cl. The number of hydrogen-bond donors (Lipinski definition) is 1. The van der Waals surface area contributed by atoms with Crippen molar-refractivity contribution in [3.8, 4) is 0 Å². The van der Waals surface area contributed by atoms with Crippen LogP contribution >= 0.6 is 23.7 Å². The summed E-state index contributed by atoms with van der Waals surface area (Å²) < 4.78 is 0. The van der Waals surface area contributed by atoms with E-state index in [1.165, 1.54) is 30.1 Å². The molecular weight excluding hydrogens is 254 g/mol. The minimum absolute atomic E-state index is 0. The second kappa shape index (κ2) is 7.31. The number of nitrogens with zero attached hydrogens (tertiary/aromatic N) is 2. The monoisotopic (exact) mass is 275 g/mol. The lowest BCUT2D eigenvalue weighted by molar-refractivity contribution is 0.317. The molecule has 2 rings (SSSR count). The molecule has 0 amide bonds. The summed E-state index contributed by atoms with van der Waals surface area (Å²) in [5.41, 5.74) is 6.95. The summed E-state index contributed by atoms with van der Waals surface area (Å²) in [5.74, 6) is 0.704. The van der Waals surface area contributed by atoms with Crippen LogP contribution in [0, 0.1) is 5.92 Å². The first-order valence-electron chi connectivity index (χ1n) is 6.17. The lowest BCUT2D eigenvalue weighted by Gasteiger charge is -2.13. The number of nitrogens with two attached hydrogens (primary N) is 1. The van der Waals surface area contributed by atoms with Crippen molar-refractivity contribution in [2.75, 3.05) is 19.6 Å².